The summed E-state index contributed by atoms with van der Waals surface area (Å²) in [6.45, 7) is 6.75. The molecule has 5 heteroatoms. The highest BCUT2D eigenvalue weighted by Gasteiger charge is 2.24. The molecule has 3 rings (SSSR count). The lowest BCUT2D eigenvalue weighted by Crippen LogP contribution is -2.39. The van der Waals surface area contributed by atoms with E-state index in [0.29, 0.717) is 5.92 Å². The number of carbonyl (C=O) groups excluding carboxylic acids is 1. The first-order valence-electron chi connectivity index (χ1n) is 8.09. The first-order valence-corrected chi connectivity index (χ1v) is 8.88. The zero-order valence-corrected chi connectivity index (χ0v) is 15.2. The molecule has 2 heterocycles. The number of amides is 1. The van der Waals surface area contributed by atoms with Gasteiger partial charge in [0.15, 0.2) is 0 Å². The van der Waals surface area contributed by atoms with Gasteiger partial charge in [0.2, 0.25) is 0 Å². The third-order valence-corrected chi connectivity index (χ3v) is 5.00. The molecule has 122 valence electrons. The lowest BCUT2D eigenvalue weighted by Gasteiger charge is -2.32. The van der Waals surface area contributed by atoms with Crippen LogP contribution in [0.3, 0.4) is 0 Å². The molecule has 2 aromatic rings. The average Bonchev–Trinajstić information content (AvgIpc) is 2.85. The maximum Gasteiger partial charge on any atom is 0.253 e. The largest absolute Gasteiger partial charge is 0.339 e. The lowest BCUT2D eigenvalue weighted by molar-refractivity contribution is 0.0681. The van der Waals surface area contributed by atoms with Crippen molar-refractivity contribution in [2.75, 3.05) is 13.1 Å². The van der Waals surface area contributed by atoms with Crippen LogP contribution in [0, 0.1) is 19.8 Å². The molecule has 0 bridgehead atoms. The van der Waals surface area contributed by atoms with Crippen LogP contribution in [0.25, 0.3) is 0 Å². The molecule has 1 aliphatic heterocycles. The summed E-state index contributed by atoms with van der Waals surface area (Å²) in [4.78, 5) is 14.5. The maximum absolute atomic E-state index is 12.6. The van der Waals surface area contributed by atoms with Crippen molar-refractivity contribution in [2.24, 2.45) is 5.92 Å². The molecule has 0 unspecified atom stereocenters. The van der Waals surface area contributed by atoms with E-state index in [2.05, 4.69) is 38.7 Å². The Kier molecular flexibility index (Phi) is 4.85. The van der Waals surface area contributed by atoms with E-state index in [9.17, 15) is 4.79 Å². The number of benzene rings is 1. The molecule has 1 aromatic heterocycles. The number of carbonyl (C=O) groups is 1. The normalized spacial score (nSPS) is 15.9. The van der Waals surface area contributed by atoms with Crippen molar-refractivity contribution in [1.82, 2.24) is 14.7 Å². The van der Waals surface area contributed by atoms with Crippen LogP contribution in [0.2, 0.25) is 0 Å². The first kappa shape index (κ1) is 16.2. The summed E-state index contributed by atoms with van der Waals surface area (Å²) < 4.78 is 3.05. The van der Waals surface area contributed by atoms with E-state index >= 15 is 0 Å². The van der Waals surface area contributed by atoms with Gasteiger partial charge in [0.1, 0.15) is 0 Å². The molecule has 0 saturated carbocycles. The molecule has 0 atom stereocenters. The SMILES string of the molecule is Cc1cc(C)n(CC2CCN(C(=O)c3cccc(Br)c3)CC2)n1. The summed E-state index contributed by atoms with van der Waals surface area (Å²) in [5, 5.41) is 4.55. The number of halogens is 1. The molecule has 1 aliphatic rings. The highest BCUT2D eigenvalue weighted by atomic mass is 79.9. The van der Waals surface area contributed by atoms with Crippen LogP contribution in [0.4, 0.5) is 0 Å². The van der Waals surface area contributed by atoms with Crippen molar-refractivity contribution in [3.8, 4) is 0 Å². The molecule has 0 radical (unpaired) electrons. The number of likely N-dealkylation sites (tertiary alicyclic amines) is 1. The van der Waals surface area contributed by atoms with Crippen molar-refractivity contribution in [3.63, 3.8) is 0 Å². The van der Waals surface area contributed by atoms with Gasteiger partial charge in [0.05, 0.1) is 5.69 Å². The molecule has 1 amide bonds. The van der Waals surface area contributed by atoms with Gasteiger partial charge in [0.25, 0.3) is 5.91 Å². The van der Waals surface area contributed by atoms with E-state index < -0.39 is 0 Å². The standard InChI is InChI=1S/C18H22BrN3O/c1-13-10-14(2)22(20-13)12-15-6-8-21(9-7-15)18(23)16-4-3-5-17(19)11-16/h3-5,10-11,15H,6-9,12H2,1-2H3. The number of piperidine rings is 1. The van der Waals surface area contributed by atoms with Crippen LogP contribution in [0.1, 0.15) is 34.6 Å². The van der Waals surface area contributed by atoms with E-state index in [1.807, 2.05) is 36.1 Å². The predicted octanol–water partition coefficient (Wildman–Crippen LogP) is 3.81. The molecular weight excluding hydrogens is 354 g/mol. The predicted molar refractivity (Wildman–Crippen MR) is 94.5 cm³/mol. The van der Waals surface area contributed by atoms with Crippen molar-refractivity contribution in [2.45, 2.75) is 33.2 Å². The van der Waals surface area contributed by atoms with Gasteiger partial charge in [-0.05, 0) is 56.9 Å². The monoisotopic (exact) mass is 375 g/mol. The van der Waals surface area contributed by atoms with Gasteiger partial charge in [-0.15, -0.1) is 0 Å². The Balaban J connectivity index is 1.58. The third-order valence-electron chi connectivity index (χ3n) is 4.51. The Bertz CT molecular complexity index is 702. The second kappa shape index (κ2) is 6.87. The quantitative estimate of drug-likeness (QED) is 0.817. The van der Waals surface area contributed by atoms with Crippen LogP contribution in [0.15, 0.2) is 34.8 Å². The topological polar surface area (TPSA) is 38.1 Å². The summed E-state index contributed by atoms with van der Waals surface area (Å²) >= 11 is 3.43. The third kappa shape index (κ3) is 3.83. The first-order chi connectivity index (χ1) is 11.0. The van der Waals surface area contributed by atoms with E-state index in [0.717, 1.165) is 48.2 Å². The molecule has 1 saturated heterocycles. The molecule has 0 spiro atoms. The number of hydrogen-bond acceptors (Lipinski definition) is 2. The van der Waals surface area contributed by atoms with Gasteiger partial charge >= 0.3 is 0 Å². The highest BCUT2D eigenvalue weighted by molar-refractivity contribution is 9.10. The molecule has 23 heavy (non-hydrogen) atoms. The minimum absolute atomic E-state index is 0.135. The Morgan fingerprint density at radius 1 is 1.26 bits per heavy atom. The van der Waals surface area contributed by atoms with Crippen LogP contribution in [0.5, 0.6) is 0 Å². The Morgan fingerprint density at radius 3 is 2.61 bits per heavy atom. The summed E-state index contributed by atoms with van der Waals surface area (Å²) in [5.74, 6) is 0.732. The van der Waals surface area contributed by atoms with Crippen LogP contribution < -0.4 is 0 Å². The zero-order valence-electron chi connectivity index (χ0n) is 13.6. The van der Waals surface area contributed by atoms with Crippen LogP contribution in [-0.2, 0) is 6.54 Å². The second-order valence-corrected chi connectivity index (χ2v) is 7.27. The average molecular weight is 376 g/mol. The van der Waals surface area contributed by atoms with Crippen LogP contribution in [-0.4, -0.2) is 33.7 Å². The lowest BCUT2D eigenvalue weighted by atomic mass is 9.96. The number of hydrogen-bond donors (Lipinski definition) is 0. The van der Waals surface area contributed by atoms with Gasteiger partial charge in [0, 0.05) is 35.4 Å². The molecule has 4 nitrogen and oxygen atoms in total. The molecule has 1 fully saturated rings. The number of aromatic nitrogens is 2. The van der Waals surface area contributed by atoms with Crippen molar-refractivity contribution in [1.29, 1.82) is 0 Å². The van der Waals surface area contributed by atoms with Gasteiger partial charge in [-0.25, -0.2) is 0 Å². The van der Waals surface area contributed by atoms with E-state index in [-0.39, 0.29) is 5.91 Å². The minimum atomic E-state index is 0.135. The fraction of sp³-hybridized carbons (Fsp3) is 0.444. The van der Waals surface area contributed by atoms with Crippen molar-refractivity contribution in [3.05, 3.63) is 51.8 Å². The molecule has 1 aromatic carbocycles. The molecule has 0 N–H and O–H groups in total. The number of nitrogens with zero attached hydrogens (tertiary/aromatic N) is 3. The summed E-state index contributed by atoms with van der Waals surface area (Å²) in [5.41, 5.74) is 3.05. The minimum Gasteiger partial charge on any atom is -0.339 e. The smallest absolute Gasteiger partial charge is 0.253 e. The summed E-state index contributed by atoms with van der Waals surface area (Å²) in [6.07, 6.45) is 2.08. The van der Waals surface area contributed by atoms with Crippen LogP contribution >= 0.6 is 15.9 Å². The Hall–Kier alpha value is -1.62. The Labute approximate surface area is 145 Å². The van der Waals surface area contributed by atoms with Gasteiger partial charge < -0.3 is 4.90 Å². The van der Waals surface area contributed by atoms with Gasteiger partial charge in [-0.3, -0.25) is 9.48 Å². The van der Waals surface area contributed by atoms with Gasteiger partial charge in [-0.2, -0.15) is 5.10 Å². The van der Waals surface area contributed by atoms with E-state index in [1.54, 1.807) is 0 Å². The van der Waals surface area contributed by atoms with E-state index in [1.165, 1.54) is 5.69 Å². The summed E-state index contributed by atoms with van der Waals surface area (Å²) in [7, 11) is 0. The fourth-order valence-electron chi connectivity index (χ4n) is 3.23. The van der Waals surface area contributed by atoms with Crippen molar-refractivity contribution < 1.29 is 4.79 Å². The molecule has 0 aliphatic carbocycles. The molecular formula is C18H22BrN3O. The number of aryl methyl sites for hydroxylation is 2. The fourth-order valence-corrected chi connectivity index (χ4v) is 3.63. The van der Waals surface area contributed by atoms with E-state index in [4.69, 9.17) is 0 Å². The number of rotatable bonds is 3. The Morgan fingerprint density at radius 2 is 2.00 bits per heavy atom. The van der Waals surface area contributed by atoms with Crippen molar-refractivity contribution >= 4 is 21.8 Å². The highest BCUT2D eigenvalue weighted by Crippen LogP contribution is 2.22. The second-order valence-electron chi connectivity index (χ2n) is 6.36. The summed E-state index contributed by atoms with van der Waals surface area (Å²) in [6, 6.07) is 9.75. The maximum atomic E-state index is 12.6. The zero-order chi connectivity index (χ0) is 16.4. The van der Waals surface area contributed by atoms with Gasteiger partial charge in [-0.1, -0.05) is 22.0 Å².